The van der Waals surface area contributed by atoms with Crippen LogP contribution in [0.4, 0.5) is 0 Å². The average molecular weight is 510 g/mol. The first-order valence-electron chi connectivity index (χ1n) is 8.03. The number of halogens is 4. The number of aromatic nitrogens is 3. The minimum Gasteiger partial charge on any atom is -0.497 e. The van der Waals surface area contributed by atoms with Crippen molar-refractivity contribution < 1.29 is 17.9 Å². The number of ether oxygens (including phenoxy) is 1. The molecule has 0 saturated heterocycles. The van der Waals surface area contributed by atoms with Gasteiger partial charge in [-0.15, -0.1) is 5.10 Å². The van der Waals surface area contributed by atoms with Gasteiger partial charge in [-0.25, -0.2) is 17.8 Å². The van der Waals surface area contributed by atoms with Gasteiger partial charge in [0.2, 0.25) is 0 Å². The summed E-state index contributed by atoms with van der Waals surface area (Å²) in [4.78, 5) is 12.3. The van der Waals surface area contributed by atoms with Gasteiger partial charge in [0.1, 0.15) is 10.6 Å². The van der Waals surface area contributed by atoms with Crippen molar-refractivity contribution in [3.05, 3.63) is 61.8 Å². The molecular formula is C17H12Cl4N4O4S. The largest absolute Gasteiger partial charge is 0.497 e. The summed E-state index contributed by atoms with van der Waals surface area (Å²) in [6, 6.07) is 6.88. The van der Waals surface area contributed by atoms with Crippen LogP contribution < -0.4 is 9.46 Å². The highest BCUT2D eigenvalue weighted by atomic mass is 35.5. The summed E-state index contributed by atoms with van der Waals surface area (Å²) >= 11 is 24.1. The van der Waals surface area contributed by atoms with Crippen LogP contribution in [0.2, 0.25) is 20.1 Å². The smallest absolute Gasteiger partial charge is 0.287 e. The second-order valence-corrected chi connectivity index (χ2v) is 9.16. The molecule has 3 rings (SSSR count). The molecule has 0 bridgehead atoms. The molecule has 0 radical (unpaired) electrons. The first-order valence-corrected chi connectivity index (χ1v) is 11.0. The van der Waals surface area contributed by atoms with E-state index in [1.807, 2.05) is 4.72 Å². The number of rotatable bonds is 5. The van der Waals surface area contributed by atoms with E-state index in [0.717, 1.165) is 0 Å². The number of carbonyl (C=O) groups is 1. The van der Waals surface area contributed by atoms with Crippen molar-refractivity contribution in [1.82, 2.24) is 19.7 Å². The standard InChI is InChI=1S/C17H12Cl4N4O4S/c1-8-16(22-24-25(8)14-7-12(20)11(19)6-13(14)21)17(26)23-30(27,28)15-5-9(29-2)3-4-10(15)18/h3-7H,1-2H3,(H,23,26). The third kappa shape index (κ3) is 4.35. The number of nitrogens with zero attached hydrogens (tertiary/aromatic N) is 3. The molecule has 2 aromatic carbocycles. The molecule has 13 heteroatoms. The van der Waals surface area contributed by atoms with Crippen molar-refractivity contribution in [1.29, 1.82) is 0 Å². The van der Waals surface area contributed by atoms with Gasteiger partial charge in [-0.1, -0.05) is 51.6 Å². The van der Waals surface area contributed by atoms with Gasteiger partial charge in [0.15, 0.2) is 5.69 Å². The number of hydrogen-bond donors (Lipinski definition) is 1. The predicted octanol–water partition coefficient (Wildman–Crippen LogP) is 4.32. The van der Waals surface area contributed by atoms with Crippen molar-refractivity contribution in [2.24, 2.45) is 0 Å². The van der Waals surface area contributed by atoms with Crippen LogP contribution in [-0.4, -0.2) is 36.4 Å². The van der Waals surface area contributed by atoms with E-state index in [4.69, 9.17) is 51.1 Å². The summed E-state index contributed by atoms with van der Waals surface area (Å²) < 4.78 is 33.5. The van der Waals surface area contributed by atoms with Gasteiger partial charge in [-0.3, -0.25) is 4.79 Å². The second kappa shape index (κ2) is 8.60. The number of amides is 1. The maximum atomic E-state index is 12.6. The summed E-state index contributed by atoms with van der Waals surface area (Å²) in [7, 11) is -2.95. The van der Waals surface area contributed by atoms with Crippen LogP contribution in [0, 0.1) is 6.92 Å². The molecule has 3 aromatic rings. The van der Waals surface area contributed by atoms with E-state index < -0.39 is 15.9 Å². The van der Waals surface area contributed by atoms with Crippen LogP contribution in [-0.2, 0) is 10.0 Å². The van der Waals surface area contributed by atoms with Crippen molar-refractivity contribution in [2.75, 3.05) is 7.11 Å². The van der Waals surface area contributed by atoms with E-state index in [2.05, 4.69) is 10.3 Å². The maximum Gasteiger partial charge on any atom is 0.287 e. The highest BCUT2D eigenvalue weighted by molar-refractivity contribution is 7.90. The Kier molecular flexibility index (Phi) is 6.49. The zero-order valence-electron chi connectivity index (χ0n) is 15.3. The van der Waals surface area contributed by atoms with Gasteiger partial charge in [0, 0.05) is 6.07 Å². The lowest BCUT2D eigenvalue weighted by Gasteiger charge is -2.10. The van der Waals surface area contributed by atoms with Gasteiger partial charge in [-0.2, -0.15) is 0 Å². The molecule has 1 heterocycles. The lowest BCUT2D eigenvalue weighted by atomic mass is 10.3. The maximum absolute atomic E-state index is 12.6. The molecule has 0 aliphatic carbocycles. The SMILES string of the molecule is COc1ccc(Cl)c(S(=O)(=O)NC(=O)c2nnn(-c3cc(Cl)c(Cl)cc3Cl)c2C)c1. The van der Waals surface area contributed by atoms with Gasteiger partial charge in [0.05, 0.1) is 38.6 Å². The topological polar surface area (TPSA) is 103 Å². The number of carbonyl (C=O) groups excluding carboxylic acids is 1. The van der Waals surface area contributed by atoms with E-state index in [9.17, 15) is 13.2 Å². The van der Waals surface area contributed by atoms with E-state index in [-0.39, 0.29) is 42.1 Å². The van der Waals surface area contributed by atoms with Gasteiger partial charge < -0.3 is 4.74 Å². The molecule has 158 valence electrons. The molecule has 0 atom stereocenters. The third-order valence-corrected chi connectivity index (χ3v) is 6.82. The molecule has 1 amide bonds. The Balaban J connectivity index is 1.95. The monoisotopic (exact) mass is 508 g/mol. The zero-order chi connectivity index (χ0) is 22.2. The van der Waals surface area contributed by atoms with Crippen molar-refractivity contribution in [3.8, 4) is 11.4 Å². The lowest BCUT2D eigenvalue weighted by Crippen LogP contribution is -2.31. The molecule has 0 aliphatic heterocycles. The minimum atomic E-state index is -4.32. The van der Waals surface area contributed by atoms with E-state index in [1.165, 1.54) is 49.0 Å². The zero-order valence-corrected chi connectivity index (χ0v) is 19.1. The Morgan fingerprint density at radius 3 is 2.37 bits per heavy atom. The van der Waals surface area contributed by atoms with Crippen molar-refractivity contribution in [3.63, 3.8) is 0 Å². The van der Waals surface area contributed by atoms with E-state index in [1.54, 1.807) is 0 Å². The summed E-state index contributed by atoms with van der Waals surface area (Å²) in [6.45, 7) is 1.51. The average Bonchev–Trinajstić information content (AvgIpc) is 3.06. The third-order valence-electron chi connectivity index (χ3n) is 3.98. The molecule has 8 nitrogen and oxygen atoms in total. The quantitative estimate of drug-likeness (QED) is 0.514. The molecule has 1 N–H and O–H groups in total. The first-order chi connectivity index (χ1) is 14.0. The Morgan fingerprint density at radius 1 is 1.03 bits per heavy atom. The van der Waals surface area contributed by atoms with Crippen LogP contribution in [0.15, 0.2) is 35.2 Å². The summed E-state index contributed by atoms with van der Waals surface area (Å²) in [5, 5.41) is 8.21. The minimum absolute atomic E-state index is 0.0842. The van der Waals surface area contributed by atoms with Gasteiger partial charge in [0.25, 0.3) is 15.9 Å². The fourth-order valence-electron chi connectivity index (χ4n) is 2.48. The first kappa shape index (κ1) is 22.6. The molecule has 1 aromatic heterocycles. The summed E-state index contributed by atoms with van der Waals surface area (Å²) in [6.07, 6.45) is 0. The van der Waals surface area contributed by atoms with Crippen LogP contribution in [0.25, 0.3) is 5.69 Å². The fourth-order valence-corrected chi connectivity index (χ4v) is 4.57. The Morgan fingerprint density at radius 2 is 1.70 bits per heavy atom. The summed E-state index contributed by atoms with van der Waals surface area (Å²) in [5.41, 5.74) is 0.299. The molecule has 0 aliphatic rings. The van der Waals surface area contributed by atoms with Crippen molar-refractivity contribution in [2.45, 2.75) is 11.8 Å². The Hall–Kier alpha value is -2.04. The normalized spacial score (nSPS) is 11.4. The Bertz CT molecular complexity index is 1260. The highest BCUT2D eigenvalue weighted by Crippen LogP contribution is 2.32. The highest BCUT2D eigenvalue weighted by Gasteiger charge is 2.26. The molecule has 30 heavy (non-hydrogen) atoms. The van der Waals surface area contributed by atoms with Crippen molar-refractivity contribution >= 4 is 62.3 Å². The Labute approximate surface area is 191 Å². The van der Waals surface area contributed by atoms with Crippen LogP contribution >= 0.6 is 46.4 Å². The van der Waals surface area contributed by atoms with Crippen LogP contribution in [0.1, 0.15) is 16.2 Å². The van der Waals surface area contributed by atoms with Gasteiger partial charge >= 0.3 is 0 Å². The predicted molar refractivity (Wildman–Crippen MR) is 114 cm³/mol. The van der Waals surface area contributed by atoms with E-state index in [0.29, 0.717) is 5.69 Å². The number of sulfonamides is 1. The number of methoxy groups -OCH3 is 1. The number of nitrogens with one attached hydrogen (secondary N) is 1. The van der Waals surface area contributed by atoms with E-state index >= 15 is 0 Å². The van der Waals surface area contributed by atoms with Crippen LogP contribution in [0.5, 0.6) is 5.75 Å². The molecule has 0 saturated carbocycles. The van der Waals surface area contributed by atoms with Crippen LogP contribution in [0.3, 0.4) is 0 Å². The molecule has 0 unspecified atom stereocenters. The lowest BCUT2D eigenvalue weighted by molar-refractivity contribution is 0.0976. The molecule has 0 spiro atoms. The number of benzene rings is 2. The molecule has 0 fully saturated rings. The fraction of sp³-hybridized carbons (Fsp3) is 0.118. The van der Waals surface area contributed by atoms with Gasteiger partial charge in [-0.05, 0) is 31.2 Å². The number of hydrogen-bond acceptors (Lipinski definition) is 6. The summed E-state index contributed by atoms with van der Waals surface area (Å²) in [5.74, 6) is -0.752. The molecular weight excluding hydrogens is 498 g/mol. The second-order valence-electron chi connectivity index (χ2n) is 5.88.